The molecule has 0 saturated heterocycles. The standard InChI is InChI=1S/C19H20N8O/c1-12-7-14(8-17-20-11-22-27(12)17)23-18(28)10-26-19-13(9-21-26)3-6-16(24-19)25(2)15-4-5-15/h3,6-9,11,15H,4-5,10H2,1-2H3,(H,23,28). The molecule has 1 aliphatic carbocycles. The highest BCUT2D eigenvalue weighted by atomic mass is 16.2. The van der Waals surface area contributed by atoms with E-state index in [0.29, 0.717) is 23.0 Å². The smallest absolute Gasteiger partial charge is 0.246 e. The van der Waals surface area contributed by atoms with E-state index in [2.05, 4.69) is 32.4 Å². The molecule has 4 heterocycles. The number of nitrogens with one attached hydrogen (secondary N) is 1. The number of rotatable bonds is 5. The lowest BCUT2D eigenvalue weighted by Crippen LogP contribution is -2.22. The maximum absolute atomic E-state index is 12.6. The van der Waals surface area contributed by atoms with Gasteiger partial charge in [0, 0.05) is 35.9 Å². The molecule has 0 unspecified atom stereocenters. The van der Waals surface area contributed by atoms with E-state index in [4.69, 9.17) is 4.98 Å². The molecule has 1 fully saturated rings. The molecule has 1 aliphatic rings. The summed E-state index contributed by atoms with van der Waals surface area (Å²) < 4.78 is 3.36. The van der Waals surface area contributed by atoms with Gasteiger partial charge in [-0.25, -0.2) is 19.2 Å². The van der Waals surface area contributed by atoms with Crippen LogP contribution in [0, 0.1) is 6.92 Å². The number of amides is 1. The van der Waals surface area contributed by atoms with Crippen molar-refractivity contribution in [3.05, 3.63) is 42.5 Å². The van der Waals surface area contributed by atoms with Crippen molar-refractivity contribution in [3.63, 3.8) is 0 Å². The Morgan fingerprint density at radius 3 is 2.96 bits per heavy atom. The van der Waals surface area contributed by atoms with Gasteiger partial charge < -0.3 is 10.2 Å². The first-order chi connectivity index (χ1) is 13.6. The Bertz CT molecular complexity index is 1190. The molecule has 28 heavy (non-hydrogen) atoms. The fraction of sp³-hybridized carbons (Fsp3) is 0.316. The van der Waals surface area contributed by atoms with Crippen LogP contribution in [0.25, 0.3) is 16.7 Å². The van der Waals surface area contributed by atoms with E-state index in [1.165, 1.54) is 19.2 Å². The molecule has 0 radical (unpaired) electrons. The second-order valence-electron chi connectivity index (χ2n) is 7.19. The van der Waals surface area contributed by atoms with Crippen LogP contribution in [0.2, 0.25) is 0 Å². The molecule has 0 aliphatic heterocycles. The Morgan fingerprint density at radius 1 is 1.29 bits per heavy atom. The minimum Gasteiger partial charge on any atom is -0.357 e. The molecule has 4 aromatic heterocycles. The van der Waals surface area contributed by atoms with Crippen molar-refractivity contribution in [3.8, 4) is 0 Å². The molecule has 142 valence electrons. The number of pyridine rings is 2. The van der Waals surface area contributed by atoms with Crippen molar-refractivity contribution in [2.75, 3.05) is 17.3 Å². The van der Waals surface area contributed by atoms with Gasteiger partial charge >= 0.3 is 0 Å². The molecular weight excluding hydrogens is 356 g/mol. The van der Waals surface area contributed by atoms with Crippen molar-refractivity contribution in [2.24, 2.45) is 0 Å². The number of anilines is 2. The van der Waals surface area contributed by atoms with Crippen molar-refractivity contribution in [1.82, 2.24) is 29.4 Å². The second kappa shape index (κ2) is 6.29. The summed E-state index contributed by atoms with van der Waals surface area (Å²) in [5.41, 5.74) is 2.98. The van der Waals surface area contributed by atoms with Crippen LogP contribution in [0.4, 0.5) is 11.5 Å². The second-order valence-corrected chi connectivity index (χ2v) is 7.19. The monoisotopic (exact) mass is 376 g/mol. The zero-order chi connectivity index (χ0) is 19.3. The van der Waals surface area contributed by atoms with Gasteiger partial charge in [-0.15, -0.1) is 0 Å². The normalized spacial score (nSPS) is 13.9. The summed E-state index contributed by atoms with van der Waals surface area (Å²) in [5.74, 6) is 0.737. The fourth-order valence-electron chi connectivity index (χ4n) is 3.40. The number of carbonyl (C=O) groups excluding carboxylic acids is 1. The number of aryl methyl sites for hydroxylation is 1. The van der Waals surface area contributed by atoms with Crippen LogP contribution in [0.15, 0.2) is 36.8 Å². The van der Waals surface area contributed by atoms with E-state index in [0.717, 1.165) is 16.9 Å². The Morgan fingerprint density at radius 2 is 2.14 bits per heavy atom. The van der Waals surface area contributed by atoms with E-state index >= 15 is 0 Å². The first-order valence-corrected chi connectivity index (χ1v) is 9.24. The molecule has 0 bridgehead atoms. The minimum atomic E-state index is -0.170. The van der Waals surface area contributed by atoms with Crippen LogP contribution < -0.4 is 10.2 Å². The summed E-state index contributed by atoms with van der Waals surface area (Å²) in [6.45, 7) is 2.00. The Balaban J connectivity index is 1.37. The van der Waals surface area contributed by atoms with Crippen molar-refractivity contribution in [2.45, 2.75) is 32.4 Å². The summed E-state index contributed by atoms with van der Waals surface area (Å²) >= 11 is 0. The Kier molecular flexibility index (Phi) is 3.75. The molecule has 5 rings (SSSR count). The lowest BCUT2D eigenvalue weighted by molar-refractivity contribution is -0.116. The van der Waals surface area contributed by atoms with E-state index in [-0.39, 0.29) is 12.5 Å². The highest BCUT2D eigenvalue weighted by Gasteiger charge is 2.27. The average molecular weight is 376 g/mol. The van der Waals surface area contributed by atoms with Gasteiger partial charge in [-0.05, 0) is 38.0 Å². The number of aromatic nitrogens is 6. The van der Waals surface area contributed by atoms with Crippen LogP contribution in [0.1, 0.15) is 18.5 Å². The Labute approximate surface area is 161 Å². The molecule has 0 atom stereocenters. The molecular formula is C19H20N8O. The van der Waals surface area contributed by atoms with Gasteiger partial charge in [-0.2, -0.15) is 10.2 Å². The maximum Gasteiger partial charge on any atom is 0.246 e. The topological polar surface area (TPSA) is 93.2 Å². The number of hydrogen-bond donors (Lipinski definition) is 1. The SMILES string of the molecule is Cc1cc(NC(=O)Cn2ncc3ccc(N(C)C4CC4)nc32)cc2ncnn12. The lowest BCUT2D eigenvalue weighted by Gasteiger charge is -2.17. The van der Waals surface area contributed by atoms with E-state index < -0.39 is 0 Å². The summed E-state index contributed by atoms with van der Waals surface area (Å²) in [6, 6.07) is 8.23. The fourth-order valence-corrected chi connectivity index (χ4v) is 3.40. The molecule has 1 saturated carbocycles. The molecule has 1 amide bonds. The number of fused-ring (bicyclic) bond motifs is 2. The van der Waals surface area contributed by atoms with Crippen LogP contribution in [0.5, 0.6) is 0 Å². The van der Waals surface area contributed by atoms with Crippen molar-refractivity contribution in [1.29, 1.82) is 0 Å². The first-order valence-electron chi connectivity index (χ1n) is 9.24. The number of carbonyl (C=O) groups is 1. The highest BCUT2D eigenvalue weighted by Crippen LogP contribution is 2.29. The highest BCUT2D eigenvalue weighted by molar-refractivity contribution is 5.92. The van der Waals surface area contributed by atoms with Gasteiger partial charge in [0.2, 0.25) is 5.91 Å². The van der Waals surface area contributed by atoms with Gasteiger partial charge in [-0.1, -0.05) is 0 Å². The zero-order valence-corrected chi connectivity index (χ0v) is 15.7. The van der Waals surface area contributed by atoms with Gasteiger partial charge in [0.25, 0.3) is 0 Å². The largest absolute Gasteiger partial charge is 0.357 e. The van der Waals surface area contributed by atoms with E-state index in [1.807, 2.05) is 25.1 Å². The van der Waals surface area contributed by atoms with Gasteiger partial charge in [0.1, 0.15) is 18.7 Å². The van der Waals surface area contributed by atoms with Crippen LogP contribution >= 0.6 is 0 Å². The average Bonchev–Trinajstić information content (AvgIpc) is 3.29. The zero-order valence-electron chi connectivity index (χ0n) is 15.7. The van der Waals surface area contributed by atoms with Crippen LogP contribution in [-0.4, -0.2) is 48.4 Å². The first kappa shape index (κ1) is 16.7. The third kappa shape index (κ3) is 2.94. The third-order valence-corrected chi connectivity index (χ3v) is 5.06. The van der Waals surface area contributed by atoms with Gasteiger partial charge in [0.05, 0.1) is 6.20 Å². The maximum atomic E-state index is 12.6. The molecule has 4 aromatic rings. The molecule has 0 aromatic carbocycles. The number of nitrogens with zero attached hydrogens (tertiary/aromatic N) is 7. The van der Waals surface area contributed by atoms with Crippen molar-refractivity contribution >= 4 is 34.1 Å². The lowest BCUT2D eigenvalue weighted by atomic mass is 10.3. The quantitative estimate of drug-likeness (QED) is 0.573. The Hall–Kier alpha value is -3.49. The summed E-state index contributed by atoms with van der Waals surface area (Å²) in [5, 5.41) is 12.3. The van der Waals surface area contributed by atoms with Crippen molar-refractivity contribution < 1.29 is 4.79 Å². The van der Waals surface area contributed by atoms with E-state index in [9.17, 15) is 4.79 Å². The molecule has 1 N–H and O–H groups in total. The third-order valence-electron chi connectivity index (χ3n) is 5.06. The van der Waals surface area contributed by atoms with E-state index in [1.54, 1.807) is 21.5 Å². The summed E-state index contributed by atoms with van der Waals surface area (Å²) in [4.78, 5) is 23.7. The van der Waals surface area contributed by atoms with Gasteiger partial charge in [0.15, 0.2) is 11.3 Å². The molecule has 9 nitrogen and oxygen atoms in total. The minimum absolute atomic E-state index is 0.0873. The molecule has 0 spiro atoms. The predicted molar refractivity (Wildman–Crippen MR) is 105 cm³/mol. The summed E-state index contributed by atoms with van der Waals surface area (Å²) in [6.07, 6.45) is 5.63. The molecule has 9 heteroatoms. The van der Waals surface area contributed by atoms with Crippen LogP contribution in [-0.2, 0) is 11.3 Å². The summed E-state index contributed by atoms with van der Waals surface area (Å²) in [7, 11) is 2.06. The predicted octanol–water partition coefficient (Wildman–Crippen LogP) is 2.02. The number of hydrogen-bond acceptors (Lipinski definition) is 6. The van der Waals surface area contributed by atoms with Crippen LogP contribution in [0.3, 0.4) is 0 Å². The van der Waals surface area contributed by atoms with Gasteiger partial charge in [-0.3, -0.25) is 4.79 Å².